The molecule has 0 bridgehead atoms. The lowest BCUT2D eigenvalue weighted by molar-refractivity contribution is 1.07. The van der Waals surface area contributed by atoms with Crippen molar-refractivity contribution in [2.45, 2.75) is 20.8 Å². The molecule has 0 radical (unpaired) electrons. The van der Waals surface area contributed by atoms with E-state index in [9.17, 15) is 0 Å². The van der Waals surface area contributed by atoms with Gasteiger partial charge in [0.2, 0.25) is 0 Å². The molecule has 2 nitrogen and oxygen atoms in total. The summed E-state index contributed by atoms with van der Waals surface area (Å²) in [7, 11) is 0. The molecule has 0 aliphatic carbocycles. The average Bonchev–Trinajstić information content (AvgIpc) is 2.85. The second-order valence-electron chi connectivity index (χ2n) is 3.22. The molecule has 0 N–H and O–H groups in total. The number of rotatable bonds is 1. The van der Waals surface area contributed by atoms with Gasteiger partial charge in [-0.1, -0.05) is 19.9 Å². The second kappa shape index (κ2) is 5.77. The lowest BCUT2D eigenvalue weighted by Crippen LogP contribution is -1.94. The molecule has 0 amide bonds. The summed E-state index contributed by atoms with van der Waals surface area (Å²) in [6.07, 6.45) is 3.87. The van der Waals surface area contributed by atoms with Gasteiger partial charge < -0.3 is 4.57 Å². The van der Waals surface area contributed by atoms with E-state index in [1.807, 2.05) is 68.1 Å². The summed E-state index contributed by atoms with van der Waals surface area (Å²) in [4.78, 5) is 0. The van der Waals surface area contributed by atoms with Crippen LogP contribution in [0.25, 0.3) is 5.69 Å². The molecular formula is C14H16N2. The molecule has 16 heavy (non-hydrogen) atoms. The van der Waals surface area contributed by atoms with E-state index in [4.69, 9.17) is 5.26 Å². The number of aromatic nitrogens is 1. The summed E-state index contributed by atoms with van der Waals surface area (Å²) in [6.45, 7) is 5.99. The minimum atomic E-state index is 0.709. The maximum Gasteiger partial charge on any atom is 0.101 e. The largest absolute Gasteiger partial charge is 0.323 e. The SMILES string of the molecule is CC.Cc1ccc(-n2cccc2)c(C#N)c1. The Morgan fingerprint density at radius 2 is 1.75 bits per heavy atom. The molecule has 0 fully saturated rings. The number of aryl methyl sites for hydroxylation is 1. The average molecular weight is 212 g/mol. The third-order valence-electron chi connectivity index (χ3n) is 2.16. The Morgan fingerprint density at radius 1 is 1.12 bits per heavy atom. The molecule has 0 saturated heterocycles. The monoisotopic (exact) mass is 212 g/mol. The van der Waals surface area contributed by atoms with Crippen LogP contribution in [-0.4, -0.2) is 4.57 Å². The molecule has 82 valence electrons. The van der Waals surface area contributed by atoms with Crippen molar-refractivity contribution in [2.24, 2.45) is 0 Å². The molecule has 1 aromatic heterocycles. The maximum absolute atomic E-state index is 8.98. The minimum absolute atomic E-state index is 0.709. The Hall–Kier alpha value is -2.01. The fourth-order valence-corrected chi connectivity index (χ4v) is 1.46. The molecule has 1 aromatic carbocycles. The van der Waals surface area contributed by atoms with Crippen LogP contribution >= 0.6 is 0 Å². The number of benzene rings is 1. The molecule has 0 aliphatic heterocycles. The highest BCUT2D eigenvalue weighted by Crippen LogP contribution is 2.15. The first-order valence-corrected chi connectivity index (χ1v) is 5.45. The van der Waals surface area contributed by atoms with Gasteiger partial charge in [0, 0.05) is 12.4 Å². The van der Waals surface area contributed by atoms with Crippen LogP contribution in [0.4, 0.5) is 0 Å². The zero-order chi connectivity index (χ0) is 12.0. The van der Waals surface area contributed by atoms with Gasteiger partial charge in [0.1, 0.15) is 6.07 Å². The third-order valence-corrected chi connectivity index (χ3v) is 2.16. The standard InChI is InChI=1S/C12H10N2.C2H6/c1-10-4-5-12(11(8-10)9-13)14-6-2-3-7-14;1-2/h2-8H,1H3;1-2H3. The van der Waals surface area contributed by atoms with E-state index >= 15 is 0 Å². The van der Waals surface area contributed by atoms with Gasteiger partial charge in [0.15, 0.2) is 0 Å². The summed E-state index contributed by atoms with van der Waals surface area (Å²) < 4.78 is 1.94. The van der Waals surface area contributed by atoms with Gasteiger partial charge in [-0.2, -0.15) is 5.26 Å². The maximum atomic E-state index is 8.98. The highest BCUT2D eigenvalue weighted by molar-refractivity contribution is 5.50. The van der Waals surface area contributed by atoms with Gasteiger partial charge >= 0.3 is 0 Å². The van der Waals surface area contributed by atoms with E-state index < -0.39 is 0 Å². The van der Waals surface area contributed by atoms with Crippen LogP contribution in [0.5, 0.6) is 0 Å². The number of hydrogen-bond acceptors (Lipinski definition) is 1. The van der Waals surface area contributed by atoms with E-state index in [1.165, 1.54) is 0 Å². The van der Waals surface area contributed by atoms with Gasteiger partial charge in [-0.25, -0.2) is 0 Å². The normalized spacial score (nSPS) is 8.88. The lowest BCUT2D eigenvalue weighted by Gasteiger charge is -2.05. The highest BCUT2D eigenvalue weighted by Gasteiger charge is 2.02. The van der Waals surface area contributed by atoms with E-state index in [1.54, 1.807) is 0 Å². The van der Waals surface area contributed by atoms with Gasteiger partial charge in [-0.3, -0.25) is 0 Å². The Labute approximate surface area is 96.8 Å². The molecule has 1 heterocycles. The molecule has 2 heteroatoms. The Bertz CT molecular complexity index is 476. The molecule has 0 aliphatic rings. The molecular weight excluding hydrogens is 196 g/mol. The number of hydrogen-bond donors (Lipinski definition) is 0. The van der Waals surface area contributed by atoms with Crippen molar-refractivity contribution in [3.05, 3.63) is 53.9 Å². The fourth-order valence-electron chi connectivity index (χ4n) is 1.46. The molecule has 0 saturated carbocycles. The fraction of sp³-hybridized carbons (Fsp3) is 0.214. The predicted molar refractivity (Wildman–Crippen MR) is 66.6 cm³/mol. The number of nitrogens with zero attached hydrogens (tertiary/aromatic N) is 2. The van der Waals surface area contributed by atoms with Crippen LogP contribution in [-0.2, 0) is 0 Å². The van der Waals surface area contributed by atoms with Crippen molar-refractivity contribution < 1.29 is 0 Å². The van der Waals surface area contributed by atoms with Gasteiger partial charge in [-0.05, 0) is 36.8 Å². The van der Waals surface area contributed by atoms with Crippen LogP contribution in [0.2, 0.25) is 0 Å². The summed E-state index contributed by atoms with van der Waals surface area (Å²) in [5.41, 5.74) is 2.75. The second-order valence-corrected chi connectivity index (χ2v) is 3.22. The van der Waals surface area contributed by atoms with Crippen LogP contribution in [0.1, 0.15) is 25.0 Å². The first-order chi connectivity index (χ1) is 7.81. The quantitative estimate of drug-likeness (QED) is 0.708. The Balaban J connectivity index is 0.000000606. The summed E-state index contributed by atoms with van der Waals surface area (Å²) in [5.74, 6) is 0. The molecule has 0 unspecified atom stereocenters. The first-order valence-electron chi connectivity index (χ1n) is 5.45. The third kappa shape index (κ3) is 2.52. The first kappa shape index (κ1) is 12.1. The highest BCUT2D eigenvalue weighted by atomic mass is 14.9. The van der Waals surface area contributed by atoms with Gasteiger partial charge in [-0.15, -0.1) is 0 Å². The Morgan fingerprint density at radius 3 is 2.31 bits per heavy atom. The zero-order valence-corrected chi connectivity index (χ0v) is 9.94. The van der Waals surface area contributed by atoms with Crippen molar-refractivity contribution in [1.82, 2.24) is 4.57 Å². The smallest absolute Gasteiger partial charge is 0.101 e. The van der Waals surface area contributed by atoms with Gasteiger partial charge in [0.05, 0.1) is 11.3 Å². The summed E-state index contributed by atoms with van der Waals surface area (Å²) in [5, 5.41) is 8.98. The molecule has 0 spiro atoms. The summed E-state index contributed by atoms with van der Waals surface area (Å²) >= 11 is 0. The van der Waals surface area contributed by atoms with E-state index in [2.05, 4.69) is 6.07 Å². The lowest BCUT2D eigenvalue weighted by atomic mass is 10.1. The van der Waals surface area contributed by atoms with E-state index in [0.29, 0.717) is 5.56 Å². The topological polar surface area (TPSA) is 28.7 Å². The van der Waals surface area contributed by atoms with E-state index in [-0.39, 0.29) is 0 Å². The molecule has 2 aromatic rings. The van der Waals surface area contributed by atoms with Crippen LogP contribution < -0.4 is 0 Å². The van der Waals surface area contributed by atoms with Crippen LogP contribution in [0.3, 0.4) is 0 Å². The van der Waals surface area contributed by atoms with Crippen LogP contribution in [0.15, 0.2) is 42.7 Å². The van der Waals surface area contributed by atoms with Crippen molar-refractivity contribution >= 4 is 0 Å². The van der Waals surface area contributed by atoms with Crippen molar-refractivity contribution in [2.75, 3.05) is 0 Å². The van der Waals surface area contributed by atoms with Crippen molar-refractivity contribution in [3.8, 4) is 11.8 Å². The zero-order valence-electron chi connectivity index (χ0n) is 9.94. The molecule has 0 atom stereocenters. The molecule has 2 rings (SSSR count). The van der Waals surface area contributed by atoms with E-state index in [0.717, 1.165) is 11.3 Å². The Kier molecular flexibility index (Phi) is 4.35. The minimum Gasteiger partial charge on any atom is -0.323 e. The van der Waals surface area contributed by atoms with Crippen molar-refractivity contribution in [1.29, 1.82) is 5.26 Å². The van der Waals surface area contributed by atoms with Crippen LogP contribution in [0, 0.1) is 18.3 Å². The predicted octanol–water partition coefficient (Wildman–Crippen LogP) is 3.68. The summed E-state index contributed by atoms with van der Waals surface area (Å²) in [6, 6.07) is 12.0. The number of nitriles is 1. The van der Waals surface area contributed by atoms with Crippen molar-refractivity contribution in [3.63, 3.8) is 0 Å². The van der Waals surface area contributed by atoms with Gasteiger partial charge in [0.25, 0.3) is 0 Å².